The van der Waals surface area contributed by atoms with Gasteiger partial charge in [0, 0.05) is 35.9 Å². The van der Waals surface area contributed by atoms with Crippen LogP contribution in [0, 0.1) is 9.39 Å². The second-order valence-corrected chi connectivity index (χ2v) is 13.6. The molecule has 1 unspecified atom stereocenters. The molecule has 1 aliphatic heterocycles. The van der Waals surface area contributed by atoms with Crippen molar-refractivity contribution < 1.29 is 17.5 Å². The number of nitrogens with one attached hydrogen (secondary N) is 2. The van der Waals surface area contributed by atoms with E-state index in [9.17, 15) is 12.8 Å². The number of sulfone groups is 1. The summed E-state index contributed by atoms with van der Waals surface area (Å²) in [6.45, 7) is 0.965. The van der Waals surface area contributed by atoms with Gasteiger partial charge in [-0.1, -0.05) is 24.3 Å². The van der Waals surface area contributed by atoms with Crippen LogP contribution in [-0.2, 0) is 28.7 Å². The Morgan fingerprint density at radius 3 is 2.80 bits per heavy atom. The van der Waals surface area contributed by atoms with Crippen LogP contribution in [0.15, 0.2) is 65.1 Å². The van der Waals surface area contributed by atoms with Crippen molar-refractivity contribution >= 4 is 55.8 Å². The smallest absolute Gasteiger partial charge is 0.167 e. The number of ether oxygens (including phenoxy) is 1. The van der Waals surface area contributed by atoms with Gasteiger partial charge in [0.05, 0.1) is 38.9 Å². The van der Waals surface area contributed by atoms with Crippen LogP contribution >= 0.6 is 33.9 Å². The summed E-state index contributed by atoms with van der Waals surface area (Å²) in [6.07, 6.45) is 4.45. The van der Waals surface area contributed by atoms with Crippen molar-refractivity contribution in [1.29, 1.82) is 0 Å². The monoisotopic (exact) mass is 692 g/mol. The maximum Gasteiger partial charge on any atom is 0.167 e. The number of anilines is 1. The van der Waals surface area contributed by atoms with E-state index in [1.54, 1.807) is 24.7 Å². The third-order valence-electron chi connectivity index (χ3n) is 6.19. The molecule has 1 aliphatic rings. The quantitative estimate of drug-likeness (QED) is 0.166. The van der Waals surface area contributed by atoms with Crippen molar-refractivity contribution in [2.45, 2.75) is 18.8 Å². The number of halogens is 2. The fourth-order valence-corrected chi connectivity index (χ4v) is 6.14. The lowest BCUT2D eigenvalue weighted by Gasteiger charge is -2.33. The van der Waals surface area contributed by atoms with Crippen LogP contribution in [0.5, 0.6) is 5.75 Å². The molecule has 13 heteroatoms. The number of nitrogens with zero attached hydrogens (tertiary/aromatic N) is 3. The Labute approximate surface area is 249 Å². The van der Waals surface area contributed by atoms with Gasteiger partial charge in [0.2, 0.25) is 0 Å². The fourth-order valence-electron chi connectivity index (χ4n) is 4.21. The van der Waals surface area contributed by atoms with Crippen molar-refractivity contribution in [2.75, 3.05) is 23.9 Å². The number of aliphatic imine (C=N–C) groups is 1. The highest BCUT2D eigenvalue weighted by molar-refractivity contribution is 14.1. The molecule has 0 saturated heterocycles. The Kier molecular flexibility index (Phi) is 8.47. The normalized spacial score (nSPS) is 16.4. The largest absolute Gasteiger partial charge is 0.487 e. The van der Waals surface area contributed by atoms with E-state index in [2.05, 4.69) is 48.2 Å². The highest BCUT2D eigenvalue weighted by Gasteiger charge is 2.37. The molecule has 0 saturated carbocycles. The summed E-state index contributed by atoms with van der Waals surface area (Å²) in [5.74, 6) is 0.302. The lowest BCUT2D eigenvalue weighted by Crippen LogP contribution is -2.40. The Morgan fingerprint density at radius 1 is 1.18 bits per heavy atom. The average molecular weight is 693 g/mol. The van der Waals surface area contributed by atoms with Gasteiger partial charge in [-0.25, -0.2) is 22.8 Å². The molecule has 1 atom stereocenters. The molecule has 0 bridgehead atoms. The number of benzene rings is 2. The zero-order valence-electron chi connectivity index (χ0n) is 21.4. The van der Waals surface area contributed by atoms with Crippen LogP contribution in [0.3, 0.4) is 0 Å². The Morgan fingerprint density at radius 2 is 2.00 bits per heavy atom. The number of rotatable bonds is 10. The molecule has 0 aliphatic carbocycles. The van der Waals surface area contributed by atoms with Crippen molar-refractivity contribution in [3.8, 4) is 17.1 Å². The summed E-state index contributed by atoms with van der Waals surface area (Å²) in [5.41, 5.74) is 9.79. The number of pyridine rings is 1. The molecular weight excluding hydrogens is 666 g/mol. The molecule has 208 valence electrons. The first kappa shape index (κ1) is 28.5. The maximum absolute atomic E-state index is 13.7. The summed E-state index contributed by atoms with van der Waals surface area (Å²) in [4.78, 5) is 13.9. The van der Waals surface area contributed by atoms with Gasteiger partial charge in [0.15, 0.2) is 5.66 Å². The van der Waals surface area contributed by atoms with Gasteiger partial charge in [-0.05, 0) is 52.4 Å². The predicted octanol–water partition coefficient (Wildman–Crippen LogP) is 4.28. The van der Waals surface area contributed by atoms with Gasteiger partial charge in [-0.2, -0.15) is 0 Å². The highest BCUT2D eigenvalue weighted by Crippen LogP contribution is 2.42. The van der Waals surface area contributed by atoms with Gasteiger partial charge >= 0.3 is 0 Å². The second kappa shape index (κ2) is 11.9. The minimum absolute atomic E-state index is 0.0655. The number of thiazole rings is 1. The SMILES string of the molecule is CS(=O)(=O)CCNCc1nc(-c2cc3c(cn2)NC=NC3(N)c2cccc(I)c2OCc2cccc(F)c2)cs1. The number of nitrogens with two attached hydrogens (primary N) is 1. The summed E-state index contributed by atoms with van der Waals surface area (Å²) in [6, 6.07) is 13.8. The summed E-state index contributed by atoms with van der Waals surface area (Å²) < 4.78 is 43.5. The molecule has 2 aromatic carbocycles. The van der Waals surface area contributed by atoms with Crippen molar-refractivity contribution in [1.82, 2.24) is 15.3 Å². The van der Waals surface area contributed by atoms with E-state index in [-0.39, 0.29) is 18.2 Å². The summed E-state index contributed by atoms with van der Waals surface area (Å²) in [7, 11) is -3.03. The standard InChI is InChI=1S/C27H26FIN6O3S2/c1-40(36,37)9-8-31-13-25-35-24(15-39-25)22-11-20-23(12-32-22)33-16-34-27(20,30)19-6-3-7-21(29)26(19)38-14-17-4-2-5-18(28)10-17/h2-7,10-12,15-16,31H,8-9,13-14,30H2,1H3,(H,33,34). The number of hydrogen-bond acceptors (Lipinski definition) is 10. The molecule has 0 fully saturated rings. The highest BCUT2D eigenvalue weighted by atomic mass is 127. The molecule has 0 amide bonds. The predicted molar refractivity (Wildman–Crippen MR) is 164 cm³/mol. The Hall–Kier alpha value is -2.98. The van der Waals surface area contributed by atoms with E-state index in [1.807, 2.05) is 29.6 Å². The molecular formula is C27H26FIN6O3S2. The van der Waals surface area contributed by atoms with Gasteiger partial charge < -0.3 is 15.4 Å². The first-order chi connectivity index (χ1) is 19.1. The van der Waals surface area contributed by atoms with Gasteiger partial charge in [0.1, 0.15) is 33.0 Å². The third-order valence-corrected chi connectivity index (χ3v) is 8.84. The first-order valence-corrected chi connectivity index (χ1v) is 16.2. The lowest BCUT2D eigenvalue weighted by molar-refractivity contribution is 0.294. The molecule has 2 aromatic heterocycles. The van der Waals surface area contributed by atoms with Crippen molar-refractivity contribution in [2.24, 2.45) is 10.7 Å². The van der Waals surface area contributed by atoms with E-state index in [4.69, 9.17) is 10.5 Å². The van der Waals surface area contributed by atoms with Gasteiger partial charge in [0.25, 0.3) is 0 Å². The van der Waals surface area contributed by atoms with Gasteiger partial charge in [-0.3, -0.25) is 10.7 Å². The Bertz CT molecular complexity index is 1680. The van der Waals surface area contributed by atoms with Crippen LogP contribution < -0.4 is 21.1 Å². The average Bonchev–Trinajstić information content (AvgIpc) is 3.39. The molecule has 4 aromatic rings. The zero-order valence-corrected chi connectivity index (χ0v) is 25.2. The molecule has 9 nitrogen and oxygen atoms in total. The molecule has 0 radical (unpaired) electrons. The number of aromatic nitrogens is 2. The first-order valence-electron chi connectivity index (χ1n) is 12.2. The third kappa shape index (κ3) is 6.49. The second-order valence-electron chi connectivity index (χ2n) is 9.25. The van der Waals surface area contributed by atoms with Gasteiger partial charge in [-0.15, -0.1) is 11.3 Å². The van der Waals surface area contributed by atoms with E-state index < -0.39 is 15.5 Å². The fraction of sp³-hybridized carbons (Fsp3) is 0.222. The van der Waals surface area contributed by atoms with Crippen molar-refractivity contribution in [3.05, 3.63) is 91.2 Å². The Balaban J connectivity index is 1.43. The van der Waals surface area contributed by atoms with Crippen LogP contribution in [0.4, 0.5) is 10.1 Å². The van der Waals surface area contributed by atoms with E-state index in [0.717, 1.165) is 8.58 Å². The van der Waals surface area contributed by atoms with Crippen LogP contribution in [-0.4, -0.2) is 43.3 Å². The van der Waals surface area contributed by atoms with Crippen molar-refractivity contribution in [3.63, 3.8) is 0 Å². The molecule has 4 N–H and O–H groups in total. The minimum atomic E-state index is -3.03. The molecule has 3 heterocycles. The summed E-state index contributed by atoms with van der Waals surface area (Å²) >= 11 is 3.65. The molecule has 0 spiro atoms. The van der Waals surface area contributed by atoms with E-state index >= 15 is 0 Å². The minimum Gasteiger partial charge on any atom is -0.487 e. The zero-order chi connectivity index (χ0) is 28.3. The van der Waals surface area contributed by atoms with Crippen LogP contribution in [0.25, 0.3) is 11.4 Å². The summed E-state index contributed by atoms with van der Waals surface area (Å²) in [5, 5.41) is 8.94. The number of hydrogen-bond donors (Lipinski definition) is 3. The lowest BCUT2D eigenvalue weighted by atomic mass is 9.89. The van der Waals surface area contributed by atoms with E-state index in [0.29, 0.717) is 52.6 Å². The van der Waals surface area contributed by atoms with Crippen LogP contribution in [0.2, 0.25) is 0 Å². The molecule has 5 rings (SSSR count). The topological polar surface area (TPSA) is 132 Å². The van der Waals surface area contributed by atoms with Crippen LogP contribution in [0.1, 0.15) is 21.7 Å². The van der Waals surface area contributed by atoms with E-state index in [1.165, 1.54) is 29.7 Å². The number of fused-ring (bicyclic) bond motifs is 1. The number of para-hydroxylation sites is 1. The molecule has 40 heavy (non-hydrogen) atoms. The maximum atomic E-state index is 13.7.